The van der Waals surface area contributed by atoms with Gasteiger partial charge in [-0.05, 0) is 92.1 Å². The number of ether oxygens (including phenoxy) is 1. The highest BCUT2D eigenvalue weighted by Gasteiger charge is 2.20. The molecule has 0 radical (unpaired) electrons. The third-order valence-electron chi connectivity index (χ3n) is 7.27. The van der Waals surface area contributed by atoms with Gasteiger partial charge in [0, 0.05) is 23.4 Å². The third kappa shape index (κ3) is 5.20. The second-order valence-corrected chi connectivity index (χ2v) is 9.99. The molecule has 0 bridgehead atoms. The van der Waals surface area contributed by atoms with Crippen LogP contribution in [0.2, 0.25) is 0 Å². The fourth-order valence-electron chi connectivity index (χ4n) is 4.86. The molecule has 34 heavy (non-hydrogen) atoms. The van der Waals surface area contributed by atoms with E-state index in [9.17, 15) is 0 Å². The van der Waals surface area contributed by atoms with Gasteiger partial charge in [-0.2, -0.15) is 0 Å². The van der Waals surface area contributed by atoms with Crippen LogP contribution in [0.25, 0.3) is 11.3 Å². The Morgan fingerprint density at radius 1 is 0.941 bits per heavy atom. The van der Waals surface area contributed by atoms with E-state index >= 15 is 0 Å². The van der Waals surface area contributed by atoms with Crippen LogP contribution in [0.5, 0.6) is 5.75 Å². The Kier molecular flexibility index (Phi) is 7.73. The van der Waals surface area contributed by atoms with Gasteiger partial charge in [0.25, 0.3) is 0 Å². The highest BCUT2D eigenvalue weighted by molar-refractivity contribution is 5.69. The third-order valence-corrected chi connectivity index (χ3v) is 7.27. The standard InChI is InChI=1S/C31H40N2O/c1-7-24-11-9-12-25(8-2)31(24)29-17-27(19-33-15-10-16-33)28(23(6)32-29)20-34-30-18-26(21(3)4)14-13-22(30)5/h9,11-14,17-18,21H,7-8,10,15-16,19-20H2,1-6H3. The number of likely N-dealkylation sites (tertiary alicyclic amines) is 1. The van der Waals surface area contributed by atoms with E-state index in [1.807, 2.05) is 0 Å². The molecule has 1 aliphatic heterocycles. The molecule has 0 atom stereocenters. The Labute approximate surface area is 206 Å². The van der Waals surface area contributed by atoms with Gasteiger partial charge in [0.1, 0.15) is 12.4 Å². The molecule has 1 fully saturated rings. The zero-order chi connectivity index (χ0) is 24.2. The van der Waals surface area contributed by atoms with Crippen LogP contribution in [-0.4, -0.2) is 23.0 Å². The van der Waals surface area contributed by atoms with Crippen molar-refractivity contribution >= 4 is 0 Å². The summed E-state index contributed by atoms with van der Waals surface area (Å²) < 4.78 is 6.45. The van der Waals surface area contributed by atoms with Crippen LogP contribution >= 0.6 is 0 Å². The minimum atomic E-state index is 0.485. The summed E-state index contributed by atoms with van der Waals surface area (Å²) in [6, 6.07) is 15.6. The largest absolute Gasteiger partial charge is 0.489 e. The van der Waals surface area contributed by atoms with Gasteiger partial charge >= 0.3 is 0 Å². The molecule has 180 valence electrons. The number of hydrogen-bond acceptors (Lipinski definition) is 3. The Hall–Kier alpha value is -2.65. The van der Waals surface area contributed by atoms with Gasteiger partial charge in [-0.15, -0.1) is 0 Å². The zero-order valence-corrected chi connectivity index (χ0v) is 21.9. The molecule has 2 heterocycles. The van der Waals surface area contributed by atoms with Crippen LogP contribution in [0.4, 0.5) is 0 Å². The van der Waals surface area contributed by atoms with Crippen LogP contribution in [0.3, 0.4) is 0 Å². The summed E-state index contributed by atoms with van der Waals surface area (Å²) in [7, 11) is 0. The lowest BCUT2D eigenvalue weighted by atomic mass is 9.92. The van der Waals surface area contributed by atoms with Crippen LogP contribution in [0.15, 0.2) is 42.5 Å². The number of hydrogen-bond donors (Lipinski definition) is 0. The maximum atomic E-state index is 6.45. The minimum absolute atomic E-state index is 0.485. The first-order chi connectivity index (χ1) is 16.4. The number of nitrogens with zero attached hydrogens (tertiary/aromatic N) is 2. The summed E-state index contributed by atoms with van der Waals surface area (Å²) in [4.78, 5) is 7.68. The van der Waals surface area contributed by atoms with Crippen molar-refractivity contribution in [2.24, 2.45) is 0 Å². The van der Waals surface area contributed by atoms with Crippen LogP contribution in [0, 0.1) is 13.8 Å². The second-order valence-electron chi connectivity index (χ2n) is 9.99. The van der Waals surface area contributed by atoms with Crippen molar-refractivity contribution in [2.45, 2.75) is 79.9 Å². The lowest BCUT2D eigenvalue weighted by Gasteiger charge is -2.32. The number of benzene rings is 2. The van der Waals surface area contributed by atoms with Crippen LogP contribution in [0.1, 0.15) is 79.1 Å². The molecular weight excluding hydrogens is 416 g/mol. The molecule has 0 saturated carbocycles. The van der Waals surface area contributed by atoms with Crippen LogP contribution < -0.4 is 4.74 Å². The molecule has 0 amide bonds. The Bertz CT molecular complexity index is 1120. The van der Waals surface area contributed by atoms with Crippen molar-refractivity contribution in [3.8, 4) is 17.0 Å². The molecule has 1 saturated heterocycles. The maximum Gasteiger partial charge on any atom is 0.123 e. The monoisotopic (exact) mass is 456 g/mol. The maximum absolute atomic E-state index is 6.45. The molecule has 3 nitrogen and oxygen atoms in total. The first-order valence-corrected chi connectivity index (χ1v) is 13.0. The average Bonchev–Trinajstić information content (AvgIpc) is 2.80. The molecule has 0 spiro atoms. The van der Waals surface area contributed by atoms with Gasteiger partial charge in [0.15, 0.2) is 0 Å². The first kappa shape index (κ1) is 24.5. The Morgan fingerprint density at radius 3 is 2.24 bits per heavy atom. The van der Waals surface area contributed by atoms with E-state index in [-0.39, 0.29) is 0 Å². The quantitative estimate of drug-likeness (QED) is 0.335. The minimum Gasteiger partial charge on any atom is -0.489 e. The van der Waals surface area contributed by atoms with Crippen molar-refractivity contribution in [1.29, 1.82) is 0 Å². The molecular formula is C31H40N2O. The van der Waals surface area contributed by atoms with E-state index in [2.05, 4.69) is 88.9 Å². The second kappa shape index (κ2) is 10.7. The summed E-state index contributed by atoms with van der Waals surface area (Å²) in [6.07, 6.45) is 3.33. The van der Waals surface area contributed by atoms with Gasteiger partial charge in [-0.1, -0.05) is 58.0 Å². The predicted molar refractivity (Wildman–Crippen MR) is 143 cm³/mol. The number of pyridine rings is 1. The molecule has 3 aromatic rings. The van der Waals surface area contributed by atoms with E-state index in [4.69, 9.17) is 9.72 Å². The Morgan fingerprint density at radius 2 is 1.65 bits per heavy atom. The van der Waals surface area contributed by atoms with E-state index in [1.54, 1.807) is 0 Å². The number of rotatable bonds is 9. The molecule has 0 unspecified atom stereocenters. The predicted octanol–water partition coefficient (Wildman–Crippen LogP) is 7.40. The highest BCUT2D eigenvalue weighted by atomic mass is 16.5. The van der Waals surface area contributed by atoms with E-state index in [0.29, 0.717) is 12.5 Å². The Balaban J connectivity index is 1.72. The summed E-state index contributed by atoms with van der Waals surface area (Å²) in [5.41, 5.74) is 11.4. The fraction of sp³-hybridized carbons (Fsp3) is 0.452. The number of aryl methyl sites for hydroxylation is 4. The number of aromatic nitrogens is 1. The molecule has 1 aliphatic rings. The van der Waals surface area contributed by atoms with Gasteiger partial charge in [-0.25, -0.2) is 0 Å². The summed E-state index contributed by atoms with van der Waals surface area (Å²) in [6.45, 7) is 17.1. The molecule has 3 heteroatoms. The van der Waals surface area contributed by atoms with Crippen molar-refractivity contribution in [3.63, 3.8) is 0 Å². The summed E-state index contributed by atoms with van der Waals surface area (Å²) in [5.74, 6) is 1.47. The summed E-state index contributed by atoms with van der Waals surface area (Å²) in [5, 5.41) is 0. The van der Waals surface area contributed by atoms with Gasteiger partial charge < -0.3 is 4.74 Å². The van der Waals surface area contributed by atoms with Gasteiger partial charge in [-0.3, -0.25) is 9.88 Å². The zero-order valence-electron chi connectivity index (χ0n) is 21.9. The van der Waals surface area contributed by atoms with E-state index in [1.165, 1.54) is 58.5 Å². The summed E-state index contributed by atoms with van der Waals surface area (Å²) >= 11 is 0. The lowest BCUT2D eigenvalue weighted by Crippen LogP contribution is -2.36. The normalized spacial score (nSPS) is 13.9. The van der Waals surface area contributed by atoms with Gasteiger partial charge in [0.2, 0.25) is 0 Å². The fourth-order valence-corrected chi connectivity index (χ4v) is 4.86. The lowest BCUT2D eigenvalue weighted by molar-refractivity contribution is 0.171. The smallest absolute Gasteiger partial charge is 0.123 e. The van der Waals surface area contributed by atoms with Crippen LogP contribution in [-0.2, 0) is 26.0 Å². The topological polar surface area (TPSA) is 25.4 Å². The van der Waals surface area contributed by atoms with E-state index in [0.717, 1.165) is 36.5 Å². The molecule has 2 aromatic carbocycles. The molecule has 0 N–H and O–H groups in total. The van der Waals surface area contributed by atoms with Crippen molar-refractivity contribution in [2.75, 3.05) is 13.1 Å². The molecule has 1 aromatic heterocycles. The van der Waals surface area contributed by atoms with Crippen molar-refractivity contribution < 1.29 is 4.74 Å². The first-order valence-electron chi connectivity index (χ1n) is 13.0. The van der Waals surface area contributed by atoms with Gasteiger partial charge in [0.05, 0.1) is 5.69 Å². The SMILES string of the molecule is CCc1cccc(CC)c1-c1cc(CN2CCC2)c(COc2cc(C(C)C)ccc2C)c(C)n1. The average molecular weight is 457 g/mol. The van der Waals surface area contributed by atoms with E-state index < -0.39 is 0 Å². The molecule has 0 aliphatic carbocycles. The molecule has 4 rings (SSSR count). The van der Waals surface area contributed by atoms with Crippen molar-refractivity contribution in [3.05, 3.63) is 81.5 Å². The highest BCUT2D eigenvalue weighted by Crippen LogP contribution is 2.32. The van der Waals surface area contributed by atoms with Crippen molar-refractivity contribution in [1.82, 2.24) is 9.88 Å².